The van der Waals surface area contributed by atoms with Gasteiger partial charge in [-0.1, -0.05) is 52.2 Å². The highest BCUT2D eigenvalue weighted by Crippen LogP contribution is 2.44. The fourth-order valence-electron chi connectivity index (χ4n) is 2.97. The lowest BCUT2D eigenvalue weighted by molar-refractivity contribution is 0.124. The molecule has 1 aliphatic carbocycles. The molecule has 0 nitrogen and oxygen atoms in total. The van der Waals surface area contributed by atoms with E-state index in [9.17, 15) is 0 Å². The fraction of sp³-hybridized carbons (Fsp3) is 0.846. The van der Waals surface area contributed by atoms with Crippen LogP contribution in [0.5, 0.6) is 0 Å². The van der Waals surface area contributed by atoms with E-state index in [-0.39, 0.29) is 0 Å². The van der Waals surface area contributed by atoms with Gasteiger partial charge in [0.15, 0.2) is 0 Å². The molecule has 0 aliphatic heterocycles. The Morgan fingerprint density at radius 3 is 2.08 bits per heavy atom. The second-order valence-corrected chi connectivity index (χ2v) is 4.40. The molecule has 0 heterocycles. The molecule has 1 unspecified atom stereocenters. The maximum absolute atomic E-state index is 2.39. The van der Waals surface area contributed by atoms with Gasteiger partial charge in [0.1, 0.15) is 0 Å². The van der Waals surface area contributed by atoms with Crippen LogP contribution in [0.2, 0.25) is 0 Å². The zero-order valence-electron chi connectivity index (χ0n) is 9.47. The maximum atomic E-state index is 2.39. The highest BCUT2D eigenvalue weighted by Gasteiger charge is 2.33. The minimum atomic E-state index is 0.644. The van der Waals surface area contributed by atoms with Gasteiger partial charge in [0.2, 0.25) is 0 Å². The Balaban J connectivity index is 2.67. The topological polar surface area (TPSA) is 0 Å². The zero-order valence-corrected chi connectivity index (χ0v) is 9.47. The van der Waals surface area contributed by atoms with Crippen LogP contribution in [-0.2, 0) is 0 Å². The minimum Gasteiger partial charge on any atom is -0.0885 e. The van der Waals surface area contributed by atoms with E-state index in [1.165, 1.54) is 38.5 Å². The van der Waals surface area contributed by atoms with Gasteiger partial charge in [-0.05, 0) is 30.6 Å². The Morgan fingerprint density at radius 2 is 1.69 bits per heavy atom. The number of hydrogen-bond donors (Lipinski definition) is 0. The van der Waals surface area contributed by atoms with E-state index in [0.29, 0.717) is 5.41 Å². The maximum Gasteiger partial charge on any atom is -0.0274 e. The smallest absolute Gasteiger partial charge is 0.0274 e. The molecule has 1 aliphatic rings. The second-order valence-electron chi connectivity index (χ2n) is 4.40. The fourth-order valence-corrected chi connectivity index (χ4v) is 2.97. The van der Waals surface area contributed by atoms with Gasteiger partial charge in [-0.15, -0.1) is 0 Å². The normalized spacial score (nSPS) is 23.5. The molecule has 1 rings (SSSR count). The Bertz CT molecular complexity index is 155. The summed E-state index contributed by atoms with van der Waals surface area (Å²) in [5.74, 6) is 0.956. The van der Waals surface area contributed by atoms with E-state index in [0.717, 1.165) is 5.92 Å². The molecular weight excluding hydrogens is 156 g/mol. The van der Waals surface area contributed by atoms with Crippen molar-refractivity contribution in [2.45, 2.75) is 59.3 Å². The monoisotopic (exact) mass is 180 g/mol. The van der Waals surface area contributed by atoms with E-state index < -0.39 is 0 Å². The van der Waals surface area contributed by atoms with Crippen LogP contribution in [0.3, 0.4) is 0 Å². The predicted octanol–water partition coefficient (Wildman–Crippen LogP) is 4.56. The van der Waals surface area contributed by atoms with Crippen molar-refractivity contribution in [1.82, 2.24) is 0 Å². The number of hydrogen-bond acceptors (Lipinski definition) is 0. The lowest BCUT2D eigenvalue weighted by Gasteiger charge is -2.40. The summed E-state index contributed by atoms with van der Waals surface area (Å²) in [5.41, 5.74) is 0.644. The van der Waals surface area contributed by atoms with Crippen LogP contribution >= 0.6 is 0 Å². The van der Waals surface area contributed by atoms with Crippen LogP contribution in [0.25, 0.3) is 0 Å². The van der Waals surface area contributed by atoms with Crippen LogP contribution in [0, 0.1) is 11.3 Å². The SMILES string of the molecule is CCC(CC)(CC)C1CC=CCC1. The molecule has 0 saturated carbocycles. The lowest BCUT2D eigenvalue weighted by Crippen LogP contribution is -2.29. The van der Waals surface area contributed by atoms with Crippen molar-refractivity contribution in [2.24, 2.45) is 11.3 Å². The molecule has 0 aromatic rings. The van der Waals surface area contributed by atoms with Crippen molar-refractivity contribution in [3.63, 3.8) is 0 Å². The molecule has 0 amide bonds. The van der Waals surface area contributed by atoms with Crippen molar-refractivity contribution in [1.29, 1.82) is 0 Å². The van der Waals surface area contributed by atoms with Gasteiger partial charge in [0, 0.05) is 0 Å². The van der Waals surface area contributed by atoms with E-state index in [1.807, 2.05) is 0 Å². The summed E-state index contributed by atoms with van der Waals surface area (Å²) in [4.78, 5) is 0. The van der Waals surface area contributed by atoms with E-state index >= 15 is 0 Å². The molecule has 0 heteroatoms. The summed E-state index contributed by atoms with van der Waals surface area (Å²) in [6.45, 7) is 7.10. The molecule has 0 aromatic heterocycles. The Morgan fingerprint density at radius 1 is 1.08 bits per heavy atom. The first-order valence-electron chi connectivity index (χ1n) is 5.94. The standard InChI is InChI=1S/C13H24/c1-4-13(5-2,6-3)12-10-8-7-9-11-12/h7-8,12H,4-6,9-11H2,1-3H3. The minimum absolute atomic E-state index is 0.644. The van der Waals surface area contributed by atoms with Gasteiger partial charge in [-0.25, -0.2) is 0 Å². The van der Waals surface area contributed by atoms with Gasteiger partial charge in [0.25, 0.3) is 0 Å². The van der Waals surface area contributed by atoms with Crippen LogP contribution < -0.4 is 0 Å². The third-order valence-electron chi connectivity index (χ3n) is 4.25. The third kappa shape index (κ3) is 2.15. The first kappa shape index (κ1) is 10.8. The molecular formula is C13H24. The number of rotatable bonds is 4. The first-order chi connectivity index (χ1) is 6.29. The molecule has 0 spiro atoms. The molecule has 0 N–H and O–H groups in total. The molecule has 76 valence electrons. The molecule has 0 saturated heterocycles. The lowest BCUT2D eigenvalue weighted by atomic mass is 9.65. The third-order valence-corrected chi connectivity index (χ3v) is 4.25. The summed E-state index contributed by atoms with van der Waals surface area (Å²) in [6, 6.07) is 0. The van der Waals surface area contributed by atoms with Crippen molar-refractivity contribution in [3.05, 3.63) is 12.2 Å². The second kappa shape index (κ2) is 4.83. The van der Waals surface area contributed by atoms with Crippen molar-refractivity contribution < 1.29 is 0 Å². The first-order valence-corrected chi connectivity index (χ1v) is 5.94. The molecule has 0 fully saturated rings. The highest BCUT2D eigenvalue weighted by molar-refractivity contribution is 4.96. The summed E-state index contributed by atoms with van der Waals surface area (Å²) < 4.78 is 0. The molecule has 0 radical (unpaired) electrons. The van der Waals surface area contributed by atoms with Gasteiger partial charge in [-0.3, -0.25) is 0 Å². The Hall–Kier alpha value is -0.260. The van der Waals surface area contributed by atoms with Crippen LogP contribution in [0.4, 0.5) is 0 Å². The highest BCUT2D eigenvalue weighted by atomic mass is 14.4. The molecule has 1 atom stereocenters. The summed E-state index contributed by atoms with van der Waals surface area (Å²) in [7, 11) is 0. The average Bonchev–Trinajstić information content (AvgIpc) is 2.23. The van der Waals surface area contributed by atoms with Crippen molar-refractivity contribution in [3.8, 4) is 0 Å². The average molecular weight is 180 g/mol. The molecule has 0 bridgehead atoms. The van der Waals surface area contributed by atoms with Crippen LogP contribution in [-0.4, -0.2) is 0 Å². The summed E-state index contributed by atoms with van der Waals surface area (Å²) >= 11 is 0. The van der Waals surface area contributed by atoms with Gasteiger partial charge in [-0.2, -0.15) is 0 Å². The van der Waals surface area contributed by atoms with Crippen LogP contribution in [0.1, 0.15) is 59.3 Å². The summed E-state index contributed by atoms with van der Waals surface area (Å²) in [6.07, 6.45) is 12.9. The number of allylic oxidation sites excluding steroid dienone is 2. The molecule has 13 heavy (non-hydrogen) atoms. The molecule has 0 aromatic carbocycles. The largest absolute Gasteiger partial charge is 0.0885 e. The van der Waals surface area contributed by atoms with Crippen molar-refractivity contribution in [2.75, 3.05) is 0 Å². The Labute approximate surface area is 83.4 Å². The van der Waals surface area contributed by atoms with E-state index in [4.69, 9.17) is 0 Å². The van der Waals surface area contributed by atoms with Gasteiger partial charge >= 0.3 is 0 Å². The quantitative estimate of drug-likeness (QED) is 0.556. The van der Waals surface area contributed by atoms with Crippen LogP contribution in [0.15, 0.2) is 12.2 Å². The predicted molar refractivity (Wildman–Crippen MR) is 59.8 cm³/mol. The zero-order chi connectivity index (χ0) is 9.73. The van der Waals surface area contributed by atoms with E-state index in [2.05, 4.69) is 32.9 Å². The van der Waals surface area contributed by atoms with Gasteiger partial charge in [0.05, 0.1) is 0 Å². The summed E-state index contributed by atoms with van der Waals surface area (Å²) in [5, 5.41) is 0. The van der Waals surface area contributed by atoms with Crippen molar-refractivity contribution >= 4 is 0 Å². The van der Waals surface area contributed by atoms with E-state index in [1.54, 1.807) is 0 Å². The Kier molecular flexibility index (Phi) is 4.02. The van der Waals surface area contributed by atoms with Gasteiger partial charge < -0.3 is 0 Å².